The Labute approximate surface area is 95.2 Å². The molecule has 0 aliphatic carbocycles. The fourth-order valence-electron chi connectivity index (χ4n) is 1.11. The third-order valence-electron chi connectivity index (χ3n) is 1.76. The van der Waals surface area contributed by atoms with Gasteiger partial charge in [0, 0.05) is 25.5 Å². The van der Waals surface area contributed by atoms with Gasteiger partial charge in [0.25, 0.3) is 0 Å². The third kappa shape index (κ3) is 2.53. The monoisotopic (exact) mass is 268 g/mol. The first-order chi connectivity index (χ1) is 7.25. The summed E-state index contributed by atoms with van der Waals surface area (Å²) in [6.45, 7) is 0.375. The summed E-state index contributed by atoms with van der Waals surface area (Å²) in [5.74, 6) is 0.495. The average molecular weight is 269 g/mol. The van der Waals surface area contributed by atoms with Crippen LogP contribution in [0.4, 0.5) is 0 Å². The van der Waals surface area contributed by atoms with E-state index in [1.165, 1.54) is 0 Å². The minimum Gasteiger partial charge on any atom is -0.470 e. The van der Waals surface area contributed by atoms with Gasteiger partial charge in [-0.3, -0.25) is 4.68 Å². The van der Waals surface area contributed by atoms with Gasteiger partial charge in [-0.2, -0.15) is 10.2 Å². The van der Waals surface area contributed by atoms with Gasteiger partial charge in [0.2, 0.25) is 5.88 Å². The van der Waals surface area contributed by atoms with Gasteiger partial charge in [0.1, 0.15) is 12.3 Å². The van der Waals surface area contributed by atoms with Crippen LogP contribution in [0.1, 0.15) is 5.69 Å². The van der Waals surface area contributed by atoms with Crippen LogP contribution in [0.2, 0.25) is 0 Å². The lowest BCUT2D eigenvalue weighted by atomic mass is 10.5. The van der Waals surface area contributed by atoms with Crippen LogP contribution in [0, 0.1) is 0 Å². The van der Waals surface area contributed by atoms with E-state index < -0.39 is 0 Å². The highest BCUT2D eigenvalue weighted by Gasteiger charge is 2.05. The van der Waals surface area contributed by atoms with Crippen molar-refractivity contribution in [2.75, 3.05) is 0 Å². The van der Waals surface area contributed by atoms with Crippen molar-refractivity contribution in [3.63, 3.8) is 0 Å². The van der Waals surface area contributed by atoms with Crippen molar-refractivity contribution in [2.24, 2.45) is 7.05 Å². The number of nitrogens with zero attached hydrogens (tertiary/aromatic N) is 4. The molecule has 2 rings (SSSR count). The Morgan fingerprint density at radius 2 is 2.40 bits per heavy atom. The molecule has 2 heterocycles. The number of hydrogen-bond acceptors (Lipinski definition) is 4. The van der Waals surface area contributed by atoms with Gasteiger partial charge in [-0.05, 0) is 22.0 Å². The van der Waals surface area contributed by atoms with E-state index in [-0.39, 0.29) is 0 Å². The maximum absolute atomic E-state index is 5.41. The number of ether oxygens (including phenoxy) is 1. The topological polar surface area (TPSA) is 52.8 Å². The van der Waals surface area contributed by atoms with Gasteiger partial charge in [-0.25, -0.2) is 0 Å². The Balaban J connectivity index is 2.02. The van der Waals surface area contributed by atoms with E-state index in [0.29, 0.717) is 12.5 Å². The normalized spacial score (nSPS) is 10.3. The molecule has 0 amide bonds. The van der Waals surface area contributed by atoms with Crippen LogP contribution in [0.25, 0.3) is 0 Å². The smallest absolute Gasteiger partial charge is 0.233 e. The summed E-state index contributed by atoms with van der Waals surface area (Å²) in [6, 6.07) is 3.53. The molecule has 2 aromatic heterocycles. The fourth-order valence-corrected chi connectivity index (χ4v) is 1.60. The SMILES string of the molecule is Cn1cc(Br)c(COc2cccnn2)n1. The standard InChI is InChI=1S/C9H9BrN4O/c1-14-5-7(10)8(13-14)6-15-9-3-2-4-11-12-9/h2-5H,6H2,1H3. The third-order valence-corrected chi connectivity index (χ3v) is 2.42. The van der Waals surface area contributed by atoms with E-state index in [4.69, 9.17) is 4.74 Å². The van der Waals surface area contributed by atoms with Crippen LogP contribution in [0.3, 0.4) is 0 Å². The van der Waals surface area contributed by atoms with E-state index in [1.54, 1.807) is 23.0 Å². The highest BCUT2D eigenvalue weighted by molar-refractivity contribution is 9.10. The molecule has 0 aromatic carbocycles. The quantitative estimate of drug-likeness (QED) is 0.848. The zero-order chi connectivity index (χ0) is 10.7. The van der Waals surface area contributed by atoms with Crippen LogP contribution in [-0.2, 0) is 13.7 Å². The zero-order valence-corrected chi connectivity index (χ0v) is 9.68. The molecule has 0 radical (unpaired) electrons. The van der Waals surface area contributed by atoms with Crippen LogP contribution in [0.15, 0.2) is 29.0 Å². The number of aromatic nitrogens is 4. The Morgan fingerprint density at radius 1 is 1.53 bits per heavy atom. The van der Waals surface area contributed by atoms with Crippen molar-refractivity contribution >= 4 is 15.9 Å². The molecule has 6 heteroatoms. The molecule has 0 spiro atoms. The lowest BCUT2D eigenvalue weighted by Crippen LogP contribution is -2.00. The second-order valence-electron chi connectivity index (χ2n) is 2.95. The summed E-state index contributed by atoms with van der Waals surface area (Å²) in [6.07, 6.45) is 3.47. The summed E-state index contributed by atoms with van der Waals surface area (Å²) >= 11 is 3.39. The summed E-state index contributed by atoms with van der Waals surface area (Å²) in [4.78, 5) is 0. The van der Waals surface area contributed by atoms with Gasteiger partial charge in [0.05, 0.1) is 4.47 Å². The molecule has 0 unspecified atom stereocenters. The van der Waals surface area contributed by atoms with Crippen molar-refractivity contribution in [1.29, 1.82) is 0 Å². The van der Waals surface area contributed by atoms with Crippen LogP contribution >= 0.6 is 15.9 Å². The fraction of sp³-hybridized carbons (Fsp3) is 0.222. The molecule has 0 saturated carbocycles. The van der Waals surface area contributed by atoms with Crippen molar-refractivity contribution in [2.45, 2.75) is 6.61 Å². The molecule has 0 N–H and O–H groups in total. The number of rotatable bonds is 3. The molecular weight excluding hydrogens is 260 g/mol. The summed E-state index contributed by atoms with van der Waals surface area (Å²) < 4.78 is 8.05. The van der Waals surface area contributed by atoms with E-state index in [2.05, 4.69) is 31.2 Å². The van der Waals surface area contributed by atoms with Crippen LogP contribution in [0.5, 0.6) is 5.88 Å². The minimum absolute atomic E-state index is 0.375. The lowest BCUT2D eigenvalue weighted by Gasteiger charge is -2.01. The summed E-state index contributed by atoms with van der Waals surface area (Å²) in [5, 5.41) is 11.7. The minimum atomic E-state index is 0.375. The van der Waals surface area contributed by atoms with E-state index >= 15 is 0 Å². The zero-order valence-electron chi connectivity index (χ0n) is 8.09. The second-order valence-corrected chi connectivity index (χ2v) is 3.80. The predicted molar refractivity (Wildman–Crippen MR) is 57.3 cm³/mol. The number of halogens is 1. The predicted octanol–water partition coefficient (Wildman–Crippen LogP) is 1.55. The molecule has 0 fully saturated rings. The molecule has 5 nitrogen and oxygen atoms in total. The molecule has 15 heavy (non-hydrogen) atoms. The molecule has 2 aromatic rings. The first-order valence-electron chi connectivity index (χ1n) is 4.34. The van der Waals surface area contributed by atoms with Crippen molar-refractivity contribution in [3.05, 3.63) is 34.7 Å². The Bertz CT molecular complexity index is 443. The average Bonchev–Trinajstić information content (AvgIpc) is 2.56. The first kappa shape index (κ1) is 10.1. The Morgan fingerprint density at radius 3 is 3.00 bits per heavy atom. The van der Waals surface area contributed by atoms with Gasteiger partial charge in [-0.1, -0.05) is 0 Å². The van der Waals surface area contributed by atoms with Crippen LogP contribution < -0.4 is 4.74 Å². The molecule has 0 atom stereocenters. The van der Waals surface area contributed by atoms with Crippen LogP contribution in [-0.4, -0.2) is 20.0 Å². The molecule has 0 bridgehead atoms. The molecule has 0 aliphatic rings. The maximum atomic E-state index is 5.41. The molecular formula is C9H9BrN4O. The van der Waals surface area contributed by atoms with Crippen molar-refractivity contribution in [1.82, 2.24) is 20.0 Å². The van der Waals surface area contributed by atoms with E-state index in [1.807, 2.05) is 13.2 Å². The van der Waals surface area contributed by atoms with Gasteiger partial charge in [0.15, 0.2) is 0 Å². The van der Waals surface area contributed by atoms with Gasteiger partial charge in [-0.15, -0.1) is 5.10 Å². The number of aryl methyl sites for hydroxylation is 1. The summed E-state index contributed by atoms with van der Waals surface area (Å²) in [5.41, 5.74) is 0.836. The summed E-state index contributed by atoms with van der Waals surface area (Å²) in [7, 11) is 1.86. The Kier molecular flexibility index (Phi) is 2.96. The largest absolute Gasteiger partial charge is 0.470 e. The van der Waals surface area contributed by atoms with Crippen molar-refractivity contribution < 1.29 is 4.74 Å². The molecule has 0 aliphatic heterocycles. The van der Waals surface area contributed by atoms with Gasteiger partial charge < -0.3 is 4.74 Å². The lowest BCUT2D eigenvalue weighted by molar-refractivity contribution is 0.284. The first-order valence-corrected chi connectivity index (χ1v) is 5.13. The highest BCUT2D eigenvalue weighted by atomic mass is 79.9. The Hall–Kier alpha value is -1.43. The second kappa shape index (κ2) is 4.39. The molecule has 0 saturated heterocycles. The van der Waals surface area contributed by atoms with Gasteiger partial charge >= 0.3 is 0 Å². The van der Waals surface area contributed by atoms with E-state index in [9.17, 15) is 0 Å². The van der Waals surface area contributed by atoms with Crippen molar-refractivity contribution in [3.8, 4) is 5.88 Å². The van der Waals surface area contributed by atoms with E-state index in [0.717, 1.165) is 10.2 Å². The molecule has 78 valence electrons. The highest BCUT2D eigenvalue weighted by Crippen LogP contribution is 2.15. The number of hydrogen-bond donors (Lipinski definition) is 0. The maximum Gasteiger partial charge on any atom is 0.233 e.